The molecule has 0 radical (unpaired) electrons. The Balaban J connectivity index is 2.61. The Bertz CT molecular complexity index is 1100. The number of fused-ring (bicyclic) bond motifs is 1. The van der Waals surface area contributed by atoms with E-state index in [9.17, 15) is 34.4 Å². The predicted molar refractivity (Wildman–Crippen MR) is 97.3 cm³/mol. The molecule has 0 fully saturated rings. The lowest BCUT2D eigenvalue weighted by Gasteiger charge is -2.26. The van der Waals surface area contributed by atoms with E-state index in [-0.39, 0.29) is 23.6 Å². The quantitative estimate of drug-likeness (QED) is 0.543. The van der Waals surface area contributed by atoms with Crippen LogP contribution in [-0.4, -0.2) is 51.2 Å². The maximum atomic E-state index is 11.4. The lowest BCUT2D eigenvalue weighted by atomic mass is 9.84. The van der Waals surface area contributed by atoms with Crippen molar-refractivity contribution in [1.29, 1.82) is 0 Å². The predicted octanol–water partition coefficient (Wildman–Crippen LogP) is 1.04. The van der Waals surface area contributed by atoms with Gasteiger partial charge in [0.2, 0.25) is 0 Å². The van der Waals surface area contributed by atoms with E-state index in [0.717, 1.165) is 6.07 Å². The molecule has 0 bridgehead atoms. The van der Waals surface area contributed by atoms with Gasteiger partial charge in [0.25, 0.3) is 30.4 Å². The molecule has 1 aliphatic rings. The van der Waals surface area contributed by atoms with Crippen LogP contribution in [0.1, 0.15) is 25.8 Å². The fourth-order valence-corrected chi connectivity index (χ4v) is 4.72. The van der Waals surface area contributed by atoms with Crippen molar-refractivity contribution in [2.45, 2.75) is 30.6 Å². The number of hydrogen-bond acceptors (Lipinski definition) is 7. The number of benzene rings is 1. The van der Waals surface area contributed by atoms with Crippen molar-refractivity contribution >= 4 is 36.0 Å². The van der Waals surface area contributed by atoms with Crippen molar-refractivity contribution in [1.82, 2.24) is 0 Å². The normalized spacial score (nSPS) is 18.7. The summed E-state index contributed by atoms with van der Waals surface area (Å²) in [5.41, 5.74) is -0.246. The molecule has 1 aromatic rings. The lowest BCUT2D eigenvalue weighted by molar-refractivity contribution is 0.479. The van der Waals surface area contributed by atoms with Gasteiger partial charge < -0.3 is 4.90 Å². The molecule has 27 heavy (non-hydrogen) atoms. The lowest BCUT2D eigenvalue weighted by Crippen LogP contribution is -2.29. The van der Waals surface area contributed by atoms with Gasteiger partial charge in [0, 0.05) is 23.3 Å². The van der Waals surface area contributed by atoms with Crippen molar-refractivity contribution < 1.29 is 38.9 Å². The summed E-state index contributed by atoms with van der Waals surface area (Å²) in [4.78, 5) is 1.03. The molecule has 0 saturated carbocycles. The summed E-state index contributed by atoms with van der Waals surface area (Å²) in [7, 11) is -13.3. The first-order chi connectivity index (χ1) is 12.0. The molecule has 10 nitrogen and oxygen atoms in total. The number of nitrogens with zero attached hydrogens (tertiary/aromatic N) is 1. The maximum Gasteiger partial charge on any atom is 0.294 e. The summed E-state index contributed by atoms with van der Waals surface area (Å²) in [5.74, 6) is -0.568. The van der Waals surface area contributed by atoms with Crippen molar-refractivity contribution in [2.24, 2.45) is 0 Å². The Morgan fingerprint density at radius 3 is 2.11 bits per heavy atom. The van der Waals surface area contributed by atoms with Crippen LogP contribution in [-0.2, 0) is 35.8 Å². The van der Waals surface area contributed by atoms with Crippen LogP contribution in [0.2, 0.25) is 0 Å². The van der Waals surface area contributed by atoms with Crippen molar-refractivity contribution in [3.8, 4) is 0 Å². The summed E-state index contributed by atoms with van der Waals surface area (Å²) >= 11 is 0. The van der Waals surface area contributed by atoms with E-state index < -0.39 is 41.5 Å². The first-order valence-electron chi connectivity index (χ1n) is 7.57. The highest BCUT2D eigenvalue weighted by atomic mass is 32.2. The van der Waals surface area contributed by atoms with Crippen LogP contribution in [0.3, 0.4) is 0 Å². The van der Waals surface area contributed by atoms with Crippen LogP contribution in [0, 0.1) is 0 Å². The van der Waals surface area contributed by atoms with Crippen LogP contribution < -0.4 is 4.90 Å². The molecule has 1 heterocycles. The highest BCUT2D eigenvalue weighted by molar-refractivity contribution is 7.88. The number of hydrogen-bond donors (Lipinski definition) is 3. The molecule has 0 saturated heterocycles. The van der Waals surface area contributed by atoms with Crippen LogP contribution in [0.15, 0.2) is 34.2 Å². The van der Waals surface area contributed by atoms with E-state index in [2.05, 4.69) is 0 Å². The Kier molecular flexibility index (Phi) is 5.51. The summed E-state index contributed by atoms with van der Waals surface area (Å²) in [6.07, 6.45) is -0.0583. The fraction of sp³-hybridized carbons (Fsp3) is 0.429. The standard InChI is InChI=1S/C14H19NO9S3/c1-14(2)11-8-10(27(22,23)24)4-5-12(11)15(6-3-7-25(16,17)18)13(14)9-26(19,20)21/h4-5,8-9H,3,6-7H2,1-2H3,(H,16,17,18)(H,19,20,21)(H,22,23,24)/b13-9-. The maximum absolute atomic E-state index is 11.4. The largest absolute Gasteiger partial charge is 0.343 e. The third-order valence-electron chi connectivity index (χ3n) is 4.21. The van der Waals surface area contributed by atoms with Gasteiger partial charge in [0.1, 0.15) is 0 Å². The Morgan fingerprint density at radius 2 is 1.63 bits per heavy atom. The van der Waals surface area contributed by atoms with Crippen molar-refractivity contribution in [3.63, 3.8) is 0 Å². The summed E-state index contributed by atoms with van der Waals surface area (Å²) in [5, 5.41) is 0.605. The molecular weight excluding hydrogens is 422 g/mol. The molecule has 152 valence electrons. The van der Waals surface area contributed by atoms with Gasteiger partial charge in [0.15, 0.2) is 0 Å². The molecule has 0 atom stereocenters. The highest BCUT2D eigenvalue weighted by Crippen LogP contribution is 2.48. The van der Waals surface area contributed by atoms with Gasteiger partial charge in [-0.15, -0.1) is 0 Å². The molecule has 3 N–H and O–H groups in total. The van der Waals surface area contributed by atoms with Crippen LogP contribution >= 0.6 is 0 Å². The highest BCUT2D eigenvalue weighted by Gasteiger charge is 2.41. The molecule has 0 aromatic heterocycles. The van der Waals surface area contributed by atoms with Gasteiger partial charge in [-0.05, 0) is 30.2 Å². The third kappa shape index (κ3) is 5.06. The Labute approximate surface area is 157 Å². The van der Waals surface area contributed by atoms with Crippen molar-refractivity contribution in [3.05, 3.63) is 34.9 Å². The second-order valence-corrected chi connectivity index (χ2v) is 10.8. The van der Waals surface area contributed by atoms with Gasteiger partial charge in [-0.25, -0.2) is 0 Å². The molecule has 0 unspecified atom stereocenters. The summed E-state index contributed by atoms with van der Waals surface area (Å²) in [6, 6.07) is 3.65. The summed E-state index contributed by atoms with van der Waals surface area (Å²) in [6.45, 7) is 3.14. The third-order valence-corrected chi connectivity index (χ3v) is 6.38. The second kappa shape index (κ2) is 6.83. The zero-order chi connectivity index (χ0) is 20.8. The van der Waals surface area contributed by atoms with Gasteiger partial charge in [0.05, 0.1) is 16.1 Å². The molecule has 1 aliphatic heterocycles. The number of rotatable bonds is 6. The van der Waals surface area contributed by atoms with Gasteiger partial charge >= 0.3 is 0 Å². The van der Waals surface area contributed by atoms with E-state index in [1.165, 1.54) is 17.0 Å². The van der Waals surface area contributed by atoms with Crippen LogP contribution in [0.25, 0.3) is 0 Å². The average molecular weight is 442 g/mol. The minimum absolute atomic E-state index is 0.0250. The molecule has 13 heteroatoms. The molecule has 1 aromatic carbocycles. The van der Waals surface area contributed by atoms with Gasteiger partial charge in [-0.1, -0.05) is 13.8 Å². The molecule has 0 spiro atoms. The number of allylic oxidation sites excluding steroid dienone is 1. The molecular formula is C14H19NO9S3. The SMILES string of the molecule is CC1(C)/C(=C/S(=O)(=O)O)N(CCCS(=O)(=O)O)c2ccc(S(=O)(=O)O)cc21. The van der Waals surface area contributed by atoms with E-state index >= 15 is 0 Å². The second-order valence-electron chi connectivity index (χ2n) is 6.59. The van der Waals surface area contributed by atoms with Crippen LogP contribution in [0.5, 0.6) is 0 Å². The molecule has 0 aliphatic carbocycles. The molecule has 0 amide bonds. The van der Waals surface area contributed by atoms with E-state index in [4.69, 9.17) is 4.55 Å². The van der Waals surface area contributed by atoms with E-state index in [1.807, 2.05) is 0 Å². The van der Waals surface area contributed by atoms with E-state index in [0.29, 0.717) is 16.7 Å². The number of anilines is 1. The van der Waals surface area contributed by atoms with Gasteiger partial charge in [-0.2, -0.15) is 25.3 Å². The summed E-state index contributed by atoms with van der Waals surface area (Å²) < 4.78 is 94.9. The van der Waals surface area contributed by atoms with Crippen molar-refractivity contribution in [2.75, 3.05) is 17.2 Å². The fourth-order valence-electron chi connectivity index (χ4n) is 3.01. The Morgan fingerprint density at radius 1 is 1.04 bits per heavy atom. The van der Waals surface area contributed by atoms with E-state index in [1.54, 1.807) is 13.8 Å². The average Bonchev–Trinajstić information content (AvgIpc) is 2.64. The monoisotopic (exact) mass is 441 g/mol. The minimum atomic E-state index is -4.56. The zero-order valence-corrected chi connectivity index (χ0v) is 16.8. The Hall–Kier alpha value is -1.51. The first kappa shape index (κ1) is 21.8. The zero-order valence-electron chi connectivity index (χ0n) is 14.4. The molecule has 2 rings (SSSR count). The van der Waals surface area contributed by atoms with Crippen LogP contribution in [0.4, 0.5) is 5.69 Å². The smallest absolute Gasteiger partial charge is 0.294 e. The minimum Gasteiger partial charge on any atom is -0.343 e. The first-order valence-corrected chi connectivity index (χ1v) is 12.1. The topological polar surface area (TPSA) is 166 Å². The van der Waals surface area contributed by atoms with Gasteiger partial charge in [-0.3, -0.25) is 13.7 Å².